The summed E-state index contributed by atoms with van der Waals surface area (Å²) in [5.41, 5.74) is -0.0756. The molecule has 12 heteroatoms. The molecule has 4 rings (SSSR count). The standard InChI is InChI=1S/C18H23FN4O2.C2HF3O2/c1-22(10-16-3-2-6-24-16)9-14-4-5-18(25-11-14)12-23(13-18)17-20-7-15(19)8-21-17;3-2(4,5)1(6)7/h2-3,6-8,14H,4-5,9-13H2,1H3;(H,6,7). The van der Waals surface area contributed by atoms with Crippen LogP contribution >= 0.6 is 0 Å². The molecule has 1 N–H and O–H groups in total. The van der Waals surface area contributed by atoms with Gasteiger partial charge in [-0.05, 0) is 37.9 Å². The zero-order chi connectivity index (χ0) is 23.4. The Bertz CT molecular complexity index is 861. The lowest BCUT2D eigenvalue weighted by Crippen LogP contribution is -2.65. The van der Waals surface area contributed by atoms with Crippen LogP contribution < -0.4 is 4.90 Å². The van der Waals surface area contributed by atoms with Crippen LogP contribution in [-0.2, 0) is 16.1 Å². The molecule has 32 heavy (non-hydrogen) atoms. The first kappa shape index (κ1) is 23.9. The lowest BCUT2D eigenvalue weighted by Gasteiger charge is -2.52. The summed E-state index contributed by atoms with van der Waals surface area (Å²) in [5.74, 6) is -1.05. The second kappa shape index (κ2) is 9.82. The van der Waals surface area contributed by atoms with Crippen molar-refractivity contribution in [3.8, 4) is 0 Å². The van der Waals surface area contributed by atoms with E-state index < -0.39 is 18.0 Å². The van der Waals surface area contributed by atoms with E-state index in [1.165, 1.54) is 12.4 Å². The number of aliphatic carboxylic acids is 1. The van der Waals surface area contributed by atoms with Gasteiger partial charge in [-0.2, -0.15) is 13.2 Å². The minimum Gasteiger partial charge on any atom is -0.475 e. The fraction of sp³-hybridized carbons (Fsp3) is 0.550. The summed E-state index contributed by atoms with van der Waals surface area (Å²) in [6, 6.07) is 3.92. The highest BCUT2D eigenvalue weighted by Gasteiger charge is 2.47. The average molecular weight is 460 g/mol. The second-order valence-electron chi connectivity index (χ2n) is 8.04. The van der Waals surface area contributed by atoms with Gasteiger partial charge >= 0.3 is 12.1 Å². The van der Waals surface area contributed by atoms with Crippen molar-refractivity contribution >= 4 is 11.9 Å². The number of halogens is 4. The molecule has 2 aliphatic heterocycles. The molecule has 176 valence electrons. The summed E-state index contributed by atoms with van der Waals surface area (Å²) in [6.07, 6.45) is 1.24. The molecule has 2 aliphatic rings. The number of carbonyl (C=O) groups is 1. The van der Waals surface area contributed by atoms with Crippen LogP contribution in [0, 0.1) is 11.7 Å². The Hall–Kier alpha value is -2.73. The topological polar surface area (TPSA) is 91.9 Å². The van der Waals surface area contributed by atoms with Crippen LogP contribution in [0.1, 0.15) is 18.6 Å². The van der Waals surface area contributed by atoms with E-state index >= 15 is 0 Å². The van der Waals surface area contributed by atoms with E-state index in [-0.39, 0.29) is 5.60 Å². The number of furan rings is 1. The van der Waals surface area contributed by atoms with Crippen molar-refractivity contribution in [1.82, 2.24) is 14.9 Å². The molecular weight excluding hydrogens is 436 g/mol. The number of carboxylic acid groups (broad SMARTS) is 1. The molecule has 1 unspecified atom stereocenters. The quantitative estimate of drug-likeness (QED) is 0.681. The van der Waals surface area contributed by atoms with Gasteiger partial charge in [0.1, 0.15) is 11.4 Å². The molecule has 0 saturated carbocycles. The van der Waals surface area contributed by atoms with Crippen molar-refractivity contribution in [2.75, 3.05) is 38.2 Å². The Balaban J connectivity index is 0.000000360. The van der Waals surface area contributed by atoms with Gasteiger partial charge in [0.05, 0.1) is 44.9 Å². The molecule has 0 bridgehead atoms. The highest BCUT2D eigenvalue weighted by atomic mass is 19.4. The van der Waals surface area contributed by atoms with Gasteiger partial charge in [-0.15, -0.1) is 0 Å². The minimum absolute atomic E-state index is 0.0756. The van der Waals surface area contributed by atoms with Crippen molar-refractivity contribution in [2.45, 2.75) is 31.2 Å². The summed E-state index contributed by atoms with van der Waals surface area (Å²) in [7, 11) is 2.11. The molecule has 2 aromatic heterocycles. The molecule has 2 saturated heterocycles. The van der Waals surface area contributed by atoms with Gasteiger partial charge in [0, 0.05) is 6.54 Å². The molecule has 0 amide bonds. The number of hydrogen-bond donors (Lipinski definition) is 1. The zero-order valence-electron chi connectivity index (χ0n) is 17.4. The molecule has 0 aromatic carbocycles. The van der Waals surface area contributed by atoms with Crippen LogP contribution in [0.15, 0.2) is 35.2 Å². The predicted molar refractivity (Wildman–Crippen MR) is 104 cm³/mol. The number of rotatable bonds is 5. The fourth-order valence-corrected chi connectivity index (χ4v) is 3.74. The fourth-order valence-electron chi connectivity index (χ4n) is 3.74. The maximum Gasteiger partial charge on any atom is 0.490 e. The molecule has 0 aliphatic carbocycles. The largest absolute Gasteiger partial charge is 0.490 e. The summed E-state index contributed by atoms with van der Waals surface area (Å²) in [5, 5.41) is 7.12. The van der Waals surface area contributed by atoms with Crippen LogP contribution in [0.25, 0.3) is 0 Å². The first-order valence-electron chi connectivity index (χ1n) is 9.94. The van der Waals surface area contributed by atoms with E-state index in [9.17, 15) is 17.6 Å². The third kappa shape index (κ3) is 6.39. The first-order chi connectivity index (χ1) is 15.1. The number of nitrogens with zero attached hydrogens (tertiary/aromatic N) is 4. The first-order valence-corrected chi connectivity index (χ1v) is 9.94. The smallest absolute Gasteiger partial charge is 0.475 e. The highest BCUT2D eigenvalue weighted by molar-refractivity contribution is 5.73. The Morgan fingerprint density at radius 2 is 2.00 bits per heavy atom. The van der Waals surface area contributed by atoms with E-state index in [0.717, 1.165) is 51.4 Å². The van der Waals surface area contributed by atoms with Crippen molar-refractivity contribution in [2.24, 2.45) is 5.92 Å². The van der Waals surface area contributed by atoms with Crippen molar-refractivity contribution < 1.29 is 36.6 Å². The average Bonchev–Trinajstić information content (AvgIpc) is 3.20. The highest BCUT2D eigenvalue weighted by Crippen LogP contribution is 2.37. The maximum atomic E-state index is 12.9. The number of alkyl halides is 3. The van der Waals surface area contributed by atoms with Crippen LogP contribution in [0.4, 0.5) is 23.5 Å². The maximum absolute atomic E-state index is 12.9. The van der Waals surface area contributed by atoms with E-state index in [2.05, 4.69) is 21.9 Å². The van der Waals surface area contributed by atoms with E-state index in [4.69, 9.17) is 19.1 Å². The van der Waals surface area contributed by atoms with Crippen LogP contribution in [-0.4, -0.2) is 71.0 Å². The molecule has 1 spiro atoms. The van der Waals surface area contributed by atoms with Crippen molar-refractivity contribution in [3.05, 3.63) is 42.4 Å². The van der Waals surface area contributed by atoms with Crippen LogP contribution in [0.5, 0.6) is 0 Å². The van der Waals surface area contributed by atoms with Gasteiger partial charge < -0.3 is 19.2 Å². The third-order valence-corrected chi connectivity index (χ3v) is 5.30. The number of ether oxygens (including phenoxy) is 1. The lowest BCUT2D eigenvalue weighted by molar-refractivity contribution is -0.192. The lowest BCUT2D eigenvalue weighted by atomic mass is 9.83. The molecule has 0 radical (unpaired) electrons. The Labute approximate surface area is 181 Å². The van der Waals surface area contributed by atoms with Gasteiger partial charge in [-0.1, -0.05) is 0 Å². The number of anilines is 1. The number of hydrogen-bond acceptors (Lipinski definition) is 7. The predicted octanol–water partition coefficient (Wildman–Crippen LogP) is 2.96. The summed E-state index contributed by atoms with van der Waals surface area (Å²) in [6.45, 7) is 4.17. The molecular formula is C20H24F4N4O4. The second-order valence-corrected chi connectivity index (χ2v) is 8.04. The Morgan fingerprint density at radius 3 is 2.50 bits per heavy atom. The normalized spacial score (nSPS) is 19.9. The van der Waals surface area contributed by atoms with Crippen molar-refractivity contribution in [3.63, 3.8) is 0 Å². The van der Waals surface area contributed by atoms with E-state index in [1.807, 2.05) is 17.0 Å². The van der Waals surface area contributed by atoms with Gasteiger partial charge in [-0.25, -0.2) is 19.2 Å². The summed E-state index contributed by atoms with van der Waals surface area (Å²) in [4.78, 5) is 21.3. The van der Waals surface area contributed by atoms with Crippen molar-refractivity contribution in [1.29, 1.82) is 0 Å². The third-order valence-electron chi connectivity index (χ3n) is 5.30. The molecule has 2 aromatic rings. The molecule has 1 atom stereocenters. The molecule has 4 heterocycles. The van der Waals surface area contributed by atoms with Gasteiger partial charge in [0.15, 0.2) is 5.82 Å². The van der Waals surface area contributed by atoms with E-state index in [1.54, 1.807) is 6.26 Å². The minimum atomic E-state index is -5.08. The van der Waals surface area contributed by atoms with Crippen LogP contribution in [0.2, 0.25) is 0 Å². The van der Waals surface area contributed by atoms with E-state index in [0.29, 0.717) is 11.9 Å². The monoisotopic (exact) mass is 460 g/mol. The van der Waals surface area contributed by atoms with Gasteiger partial charge in [0.25, 0.3) is 0 Å². The Kier molecular flexibility index (Phi) is 7.34. The summed E-state index contributed by atoms with van der Waals surface area (Å²) >= 11 is 0. The molecule has 2 fully saturated rings. The summed E-state index contributed by atoms with van der Waals surface area (Å²) < 4.78 is 56.2. The van der Waals surface area contributed by atoms with Gasteiger partial charge in [-0.3, -0.25) is 4.90 Å². The molecule has 8 nitrogen and oxygen atoms in total. The number of aromatic nitrogens is 2. The Morgan fingerprint density at radius 1 is 1.34 bits per heavy atom. The zero-order valence-corrected chi connectivity index (χ0v) is 17.4. The van der Waals surface area contributed by atoms with Crippen LogP contribution in [0.3, 0.4) is 0 Å². The SMILES string of the molecule is CN(Cc1ccco1)CC1CCC2(CN(c3ncc(F)cn3)C2)OC1.O=C(O)C(F)(F)F. The van der Waals surface area contributed by atoms with Gasteiger partial charge in [0.2, 0.25) is 5.95 Å². The number of carboxylic acids is 1.